The maximum absolute atomic E-state index is 11.7. The van der Waals surface area contributed by atoms with Gasteiger partial charge in [0, 0.05) is 18.3 Å². The third kappa shape index (κ3) is 2.03. The van der Waals surface area contributed by atoms with Crippen molar-refractivity contribution in [3.05, 3.63) is 22.1 Å². The lowest BCUT2D eigenvalue weighted by Crippen LogP contribution is -2.28. The van der Waals surface area contributed by atoms with E-state index in [9.17, 15) is 4.79 Å². The van der Waals surface area contributed by atoms with Crippen LogP contribution < -0.4 is 10.3 Å². The van der Waals surface area contributed by atoms with E-state index in [0.29, 0.717) is 17.6 Å². The van der Waals surface area contributed by atoms with Crippen molar-refractivity contribution < 1.29 is 4.74 Å². The summed E-state index contributed by atoms with van der Waals surface area (Å²) in [7, 11) is 1.55. The molecule has 1 aliphatic carbocycles. The molecule has 4 nitrogen and oxygen atoms in total. The van der Waals surface area contributed by atoms with Gasteiger partial charge < -0.3 is 4.74 Å². The van der Waals surface area contributed by atoms with E-state index in [0.717, 1.165) is 6.54 Å². The van der Waals surface area contributed by atoms with Crippen LogP contribution in [0.3, 0.4) is 0 Å². The van der Waals surface area contributed by atoms with E-state index in [1.807, 2.05) is 0 Å². The summed E-state index contributed by atoms with van der Waals surface area (Å²) in [5, 5.41) is 0. The van der Waals surface area contributed by atoms with Gasteiger partial charge in [-0.15, -0.1) is 0 Å². The monoisotopic (exact) mass is 208 g/mol. The predicted molar refractivity (Wildman–Crippen MR) is 57.1 cm³/mol. The zero-order valence-electron chi connectivity index (χ0n) is 9.19. The Bertz CT molecular complexity index is 408. The molecule has 2 rings (SSSR count). The average molecular weight is 208 g/mol. The van der Waals surface area contributed by atoms with Gasteiger partial charge in [-0.3, -0.25) is 9.36 Å². The maximum Gasteiger partial charge on any atom is 0.299 e. The number of ether oxygens (including phenoxy) is 1. The highest BCUT2D eigenvalue weighted by atomic mass is 16.5. The summed E-state index contributed by atoms with van der Waals surface area (Å²) < 4.78 is 6.76. The molecule has 1 aromatic heterocycles. The Morgan fingerprint density at radius 2 is 2.33 bits per heavy atom. The van der Waals surface area contributed by atoms with Gasteiger partial charge in [0.15, 0.2) is 0 Å². The van der Waals surface area contributed by atoms with Gasteiger partial charge >= 0.3 is 0 Å². The summed E-state index contributed by atoms with van der Waals surface area (Å²) in [5.41, 5.74) is 0.702. The van der Waals surface area contributed by atoms with Gasteiger partial charge in [0.05, 0.1) is 7.11 Å². The number of hydrogen-bond acceptors (Lipinski definition) is 3. The fraction of sp³-hybridized carbons (Fsp3) is 0.636. The van der Waals surface area contributed by atoms with Gasteiger partial charge in [-0.1, -0.05) is 6.42 Å². The van der Waals surface area contributed by atoms with E-state index in [1.165, 1.54) is 19.3 Å². The van der Waals surface area contributed by atoms with Gasteiger partial charge in [0.25, 0.3) is 11.6 Å². The molecule has 1 fully saturated rings. The summed E-state index contributed by atoms with van der Waals surface area (Å²) in [6.45, 7) is 2.55. The highest BCUT2D eigenvalue weighted by molar-refractivity contribution is 5.06. The zero-order valence-corrected chi connectivity index (χ0v) is 9.19. The highest BCUT2D eigenvalue weighted by Crippen LogP contribution is 2.28. The first-order chi connectivity index (χ1) is 7.20. The molecule has 0 aliphatic heterocycles. The number of nitrogens with zero attached hydrogens (tertiary/aromatic N) is 2. The van der Waals surface area contributed by atoms with Crippen molar-refractivity contribution in [1.29, 1.82) is 0 Å². The molecule has 4 heteroatoms. The van der Waals surface area contributed by atoms with Crippen LogP contribution in [-0.2, 0) is 6.54 Å². The van der Waals surface area contributed by atoms with Crippen LogP contribution >= 0.6 is 0 Å². The molecule has 0 N–H and O–H groups in total. The zero-order chi connectivity index (χ0) is 10.8. The topological polar surface area (TPSA) is 44.1 Å². The summed E-state index contributed by atoms with van der Waals surface area (Å²) in [6.07, 6.45) is 3.70. The summed E-state index contributed by atoms with van der Waals surface area (Å²) in [5.74, 6) is 0.626. The number of aryl methyl sites for hydroxylation is 1. The van der Waals surface area contributed by atoms with Crippen molar-refractivity contribution in [2.24, 2.45) is 5.92 Å². The molecule has 0 radical (unpaired) electrons. The Hall–Kier alpha value is -1.32. The van der Waals surface area contributed by atoms with Gasteiger partial charge in [-0.2, -0.15) is 0 Å². The molecule has 0 spiro atoms. The third-order valence-electron chi connectivity index (χ3n) is 2.95. The molecule has 1 aromatic rings. The van der Waals surface area contributed by atoms with E-state index in [2.05, 4.69) is 4.98 Å². The van der Waals surface area contributed by atoms with Crippen molar-refractivity contribution in [2.45, 2.75) is 32.7 Å². The SMILES string of the molecule is COc1nc(C)cc(=O)n1CC1CCC1. The van der Waals surface area contributed by atoms with Crippen LogP contribution in [0.4, 0.5) is 0 Å². The molecule has 1 saturated carbocycles. The van der Waals surface area contributed by atoms with Gasteiger partial charge in [-0.25, -0.2) is 4.98 Å². The smallest absolute Gasteiger partial charge is 0.299 e. The van der Waals surface area contributed by atoms with Gasteiger partial charge in [0.1, 0.15) is 0 Å². The van der Waals surface area contributed by atoms with Crippen molar-refractivity contribution >= 4 is 0 Å². The minimum atomic E-state index is -0.00810. The van der Waals surface area contributed by atoms with E-state index in [4.69, 9.17) is 4.74 Å². The Balaban J connectivity index is 2.30. The van der Waals surface area contributed by atoms with Crippen molar-refractivity contribution in [3.8, 4) is 6.01 Å². The second-order valence-corrected chi connectivity index (χ2v) is 4.13. The molecule has 0 aromatic carbocycles. The quantitative estimate of drug-likeness (QED) is 0.753. The molecule has 82 valence electrons. The molecular formula is C11H16N2O2. The minimum absolute atomic E-state index is 0.00810. The fourth-order valence-electron chi connectivity index (χ4n) is 1.85. The lowest BCUT2D eigenvalue weighted by atomic mass is 9.85. The predicted octanol–water partition coefficient (Wildman–Crippen LogP) is 1.36. The largest absolute Gasteiger partial charge is 0.468 e. The summed E-state index contributed by atoms with van der Waals surface area (Å²) in [4.78, 5) is 15.9. The minimum Gasteiger partial charge on any atom is -0.468 e. The molecule has 0 bridgehead atoms. The molecule has 0 amide bonds. The van der Waals surface area contributed by atoms with Crippen LogP contribution in [0.25, 0.3) is 0 Å². The highest BCUT2D eigenvalue weighted by Gasteiger charge is 2.20. The lowest BCUT2D eigenvalue weighted by molar-refractivity contribution is 0.250. The number of hydrogen-bond donors (Lipinski definition) is 0. The molecule has 1 heterocycles. The second kappa shape index (κ2) is 4.04. The van der Waals surface area contributed by atoms with Crippen molar-refractivity contribution in [1.82, 2.24) is 9.55 Å². The molecular weight excluding hydrogens is 192 g/mol. The Kier molecular flexibility index (Phi) is 2.75. The molecule has 0 saturated heterocycles. The van der Waals surface area contributed by atoms with Crippen molar-refractivity contribution in [3.63, 3.8) is 0 Å². The third-order valence-corrected chi connectivity index (χ3v) is 2.95. The lowest BCUT2D eigenvalue weighted by Gasteiger charge is -2.26. The Morgan fingerprint density at radius 1 is 1.60 bits per heavy atom. The van der Waals surface area contributed by atoms with Crippen molar-refractivity contribution in [2.75, 3.05) is 7.11 Å². The first-order valence-corrected chi connectivity index (χ1v) is 5.33. The van der Waals surface area contributed by atoms with Crippen LogP contribution in [-0.4, -0.2) is 16.7 Å². The van der Waals surface area contributed by atoms with Crippen LogP contribution in [0, 0.1) is 12.8 Å². The number of aromatic nitrogens is 2. The van der Waals surface area contributed by atoms with Crippen LogP contribution in [0.2, 0.25) is 0 Å². The summed E-state index contributed by atoms with van der Waals surface area (Å²) >= 11 is 0. The Labute approximate surface area is 88.9 Å². The van der Waals surface area contributed by atoms with Gasteiger partial charge in [-0.05, 0) is 25.7 Å². The van der Waals surface area contributed by atoms with E-state index < -0.39 is 0 Å². The van der Waals surface area contributed by atoms with Crippen LogP contribution in [0.1, 0.15) is 25.0 Å². The standard InChI is InChI=1S/C11H16N2O2/c1-8-6-10(14)13(11(12-8)15-2)7-9-4-3-5-9/h6,9H,3-5,7H2,1-2H3. The molecule has 0 atom stereocenters. The maximum atomic E-state index is 11.7. The first kappa shape index (κ1) is 10.2. The van der Waals surface area contributed by atoms with E-state index >= 15 is 0 Å². The molecule has 0 unspecified atom stereocenters. The first-order valence-electron chi connectivity index (χ1n) is 5.33. The van der Waals surface area contributed by atoms with E-state index in [1.54, 1.807) is 24.7 Å². The number of rotatable bonds is 3. The fourth-order valence-corrected chi connectivity index (χ4v) is 1.85. The normalized spacial score (nSPS) is 16.1. The van der Waals surface area contributed by atoms with E-state index in [-0.39, 0.29) is 5.56 Å². The van der Waals surface area contributed by atoms with Gasteiger partial charge in [0.2, 0.25) is 0 Å². The van der Waals surface area contributed by atoms with Crippen LogP contribution in [0.15, 0.2) is 10.9 Å². The second-order valence-electron chi connectivity index (χ2n) is 4.13. The summed E-state index contributed by atoms with van der Waals surface area (Å²) in [6, 6.07) is 1.99. The van der Waals surface area contributed by atoms with Crippen LogP contribution in [0.5, 0.6) is 6.01 Å². The Morgan fingerprint density at radius 3 is 2.87 bits per heavy atom. The molecule has 15 heavy (non-hydrogen) atoms. The average Bonchev–Trinajstić information content (AvgIpc) is 2.12. The molecule has 1 aliphatic rings. The number of methoxy groups -OCH3 is 1.